The number of hydrogen-bond acceptors (Lipinski definition) is 5. The summed E-state index contributed by atoms with van der Waals surface area (Å²) in [6.45, 7) is 0. The SMILES string of the molecule is COc1cc2c(cc1CC(=O)O)C(=O)CC(c1ccc(O)cc1)O2. The molecule has 6 heteroatoms. The number of carbonyl (C=O) groups is 2. The maximum atomic E-state index is 12.5. The Hall–Kier alpha value is -3.02. The molecule has 0 aromatic heterocycles. The summed E-state index contributed by atoms with van der Waals surface area (Å²) in [7, 11) is 1.44. The van der Waals surface area contributed by atoms with Crippen molar-refractivity contribution < 1.29 is 29.3 Å². The third-order valence-electron chi connectivity index (χ3n) is 3.93. The van der Waals surface area contributed by atoms with Gasteiger partial charge in [0.05, 0.1) is 25.5 Å². The lowest BCUT2D eigenvalue weighted by Crippen LogP contribution is -2.21. The smallest absolute Gasteiger partial charge is 0.307 e. The van der Waals surface area contributed by atoms with Crippen LogP contribution in [0.1, 0.15) is 34.0 Å². The Kier molecular flexibility index (Phi) is 4.12. The zero-order chi connectivity index (χ0) is 17.3. The second-order valence-corrected chi connectivity index (χ2v) is 5.56. The first kappa shape index (κ1) is 15.9. The highest BCUT2D eigenvalue weighted by Crippen LogP contribution is 2.39. The average Bonchev–Trinajstić information content (AvgIpc) is 2.55. The van der Waals surface area contributed by atoms with Gasteiger partial charge in [-0.2, -0.15) is 0 Å². The van der Waals surface area contributed by atoms with Crippen molar-refractivity contribution in [1.29, 1.82) is 0 Å². The topological polar surface area (TPSA) is 93.1 Å². The summed E-state index contributed by atoms with van der Waals surface area (Å²) < 4.78 is 11.1. The number of fused-ring (bicyclic) bond motifs is 1. The number of phenolic OH excluding ortho intramolecular Hbond substituents is 1. The van der Waals surface area contributed by atoms with Crippen LogP contribution in [0, 0.1) is 0 Å². The molecule has 1 atom stereocenters. The predicted molar refractivity (Wildman–Crippen MR) is 84.8 cm³/mol. The number of rotatable bonds is 4. The van der Waals surface area contributed by atoms with E-state index in [9.17, 15) is 14.7 Å². The molecule has 0 amide bonds. The lowest BCUT2D eigenvalue weighted by Gasteiger charge is -2.26. The van der Waals surface area contributed by atoms with E-state index in [1.807, 2.05) is 0 Å². The summed E-state index contributed by atoms with van der Waals surface area (Å²) in [4.78, 5) is 23.4. The second kappa shape index (κ2) is 6.23. The van der Waals surface area contributed by atoms with Gasteiger partial charge in [-0.15, -0.1) is 0 Å². The highest BCUT2D eigenvalue weighted by atomic mass is 16.5. The molecule has 3 rings (SSSR count). The van der Waals surface area contributed by atoms with Crippen LogP contribution in [0.15, 0.2) is 36.4 Å². The molecule has 1 aliphatic rings. The van der Waals surface area contributed by atoms with E-state index in [1.54, 1.807) is 18.2 Å². The molecule has 0 aliphatic carbocycles. The Morgan fingerprint density at radius 3 is 2.62 bits per heavy atom. The highest BCUT2D eigenvalue weighted by Gasteiger charge is 2.29. The molecule has 0 spiro atoms. The number of hydrogen-bond donors (Lipinski definition) is 2. The van der Waals surface area contributed by atoms with E-state index in [2.05, 4.69) is 0 Å². The number of carboxylic acid groups (broad SMARTS) is 1. The summed E-state index contributed by atoms with van der Waals surface area (Å²) in [6.07, 6.45) is -0.539. The van der Waals surface area contributed by atoms with Gasteiger partial charge in [0, 0.05) is 11.6 Å². The number of aromatic hydroxyl groups is 1. The van der Waals surface area contributed by atoms with Crippen molar-refractivity contribution in [3.63, 3.8) is 0 Å². The van der Waals surface area contributed by atoms with Crippen molar-refractivity contribution >= 4 is 11.8 Å². The summed E-state index contributed by atoms with van der Waals surface area (Å²) in [6, 6.07) is 9.56. The van der Waals surface area contributed by atoms with Gasteiger partial charge in [-0.05, 0) is 23.8 Å². The van der Waals surface area contributed by atoms with Crippen molar-refractivity contribution in [3.05, 3.63) is 53.1 Å². The molecule has 1 heterocycles. The minimum absolute atomic E-state index is 0.122. The summed E-state index contributed by atoms with van der Waals surface area (Å²) in [5, 5.41) is 18.3. The Bertz CT molecular complexity index is 794. The molecule has 0 saturated carbocycles. The number of carboxylic acids is 1. The van der Waals surface area contributed by atoms with Gasteiger partial charge in [-0.1, -0.05) is 12.1 Å². The van der Waals surface area contributed by atoms with Crippen LogP contribution in [0.4, 0.5) is 0 Å². The summed E-state index contributed by atoms with van der Waals surface area (Å²) >= 11 is 0. The lowest BCUT2D eigenvalue weighted by molar-refractivity contribution is -0.136. The van der Waals surface area contributed by atoms with Gasteiger partial charge in [-0.25, -0.2) is 0 Å². The number of ether oxygens (including phenoxy) is 2. The molecule has 2 aromatic carbocycles. The number of aliphatic carboxylic acids is 1. The van der Waals surface area contributed by atoms with E-state index in [-0.39, 0.29) is 24.4 Å². The van der Waals surface area contributed by atoms with Crippen LogP contribution in [0.3, 0.4) is 0 Å². The number of benzene rings is 2. The van der Waals surface area contributed by atoms with Crippen LogP contribution in [-0.2, 0) is 11.2 Å². The fourth-order valence-corrected chi connectivity index (χ4v) is 2.76. The largest absolute Gasteiger partial charge is 0.508 e. The van der Waals surface area contributed by atoms with Crippen LogP contribution in [0.2, 0.25) is 0 Å². The standard InChI is InChI=1S/C18H16O6/c1-23-15-9-17-13(6-11(15)7-18(21)22)14(20)8-16(24-17)10-2-4-12(19)5-3-10/h2-6,9,16,19H,7-8H2,1H3,(H,21,22). The molecule has 1 unspecified atom stereocenters. The Morgan fingerprint density at radius 1 is 1.29 bits per heavy atom. The lowest BCUT2D eigenvalue weighted by atomic mass is 9.94. The molecule has 0 bridgehead atoms. The van der Waals surface area contributed by atoms with Gasteiger partial charge >= 0.3 is 5.97 Å². The number of methoxy groups -OCH3 is 1. The zero-order valence-corrected chi connectivity index (χ0v) is 13.0. The summed E-state index contributed by atoms with van der Waals surface area (Å²) in [5.74, 6) is -0.241. The number of Topliss-reactive ketones (excluding diaryl/α,β-unsaturated/α-hetero) is 1. The Morgan fingerprint density at radius 2 is 2.00 bits per heavy atom. The molecule has 2 N–H and O–H groups in total. The molecule has 0 saturated heterocycles. The van der Waals surface area contributed by atoms with Crippen molar-refractivity contribution in [2.45, 2.75) is 18.9 Å². The first-order valence-electron chi connectivity index (χ1n) is 7.39. The number of ketones is 1. The molecule has 2 aromatic rings. The Balaban J connectivity index is 1.96. The number of carbonyl (C=O) groups excluding carboxylic acids is 1. The minimum atomic E-state index is -1.00. The fourth-order valence-electron chi connectivity index (χ4n) is 2.76. The molecular formula is C18H16O6. The van der Waals surface area contributed by atoms with Crippen LogP contribution in [-0.4, -0.2) is 29.1 Å². The van der Waals surface area contributed by atoms with E-state index >= 15 is 0 Å². The van der Waals surface area contributed by atoms with Gasteiger partial charge < -0.3 is 19.7 Å². The van der Waals surface area contributed by atoms with Crippen molar-refractivity contribution in [2.75, 3.05) is 7.11 Å². The van der Waals surface area contributed by atoms with Gasteiger partial charge in [-0.3, -0.25) is 9.59 Å². The van der Waals surface area contributed by atoms with Gasteiger partial charge in [0.1, 0.15) is 23.4 Å². The predicted octanol–water partition coefficient (Wildman–Crippen LogP) is 2.73. The van der Waals surface area contributed by atoms with E-state index in [4.69, 9.17) is 14.6 Å². The van der Waals surface area contributed by atoms with E-state index in [0.717, 1.165) is 5.56 Å². The third kappa shape index (κ3) is 3.03. The third-order valence-corrected chi connectivity index (χ3v) is 3.93. The second-order valence-electron chi connectivity index (χ2n) is 5.56. The monoisotopic (exact) mass is 328 g/mol. The highest BCUT2D eigenvalue weighted by molar-refractivity contribution is 6.00. The Labute approximate surface area is 138 Å². The summed E-state index contributed by atoms with van der Waals surface area (Å²) in [5.41, 5.74) is 1.58. The molecule has 6 nitrogen and oxygen atoms in total. The van der Waals surface area contributed by atoms with E-state index in [0.29, 0.717) is 22.6 Å². The van der Waals surface area contributed by atoms with Gasteiger partial charge in [0.25, 0.3) is 0 Å². The van der Waals surface area contributed by atoms with Crippen LogP contribution in [0.5, 0.6) is 17.2 Å². The van der Waals surface area contributed by atoms with Crippen LogP contribution < -0.4 is 9.47 Å². The van der Waals surface area contributed by atoms with Crippen molar-refractivity contribution in [3.8, 4) is 17.2 Å². The first-order valence-corrected chi connectivity index (χ1v) is 7.39. The average molecular weight is 328 g/mol. The van der Waals surface area contributed by atoms with Crippen molar-refractivity contribution in [2.24, 2.45) is 0 Å². The van der Waals surface area contributed by atoms with Crippen molar-refractivity contribution in [1.82, 2.24) is 0 Å². The van der Waals surface area contributed by atoms with Crippen LogP contribution in [0.25, 0.3) is 0 Å². The van der Waals surface area contributed by atoms with Gasteiger partial charge in [0.2, 0.25) is 0 Å². The van der Waals surface area contributed by atoms with Crippen LogP contribution >= 0.6 is 0 Å². The first-order chi connectivity index (χ1) is 11.5. The quantitative estimate of drug-likeness (QED) is 0.896. The minimum Gasteiger partial charge on any atom is -0.508 e. The van der Waals surface area contributed by atoms with Gasteiger partial charge in [0.15, 0.2) is 5.78 Å². The molecule has 1 aliphatic heterocycles. The normalized spacial score (nSPS) is 16.2. The fraction of sp³-hybridized carbons (Fsp3) is 0.222. The number of phenols is 1. The maximum Gasteiger partial charge on any atom is 0.307 e. The van der Waals surface area contributed by atoms with E-state index < -0.39 is 12.1 Å². The molecule has 0 fully saturated rings. The maximum absolute atomic E-state index is 12.5. The molecule has 24 heavy (non-hydrogen) atoms. The zero-order valence-electron chi connectivity index (χ0n) is 13.0. The molecule has 124 valence electrons. The van der Waals surface area contributed by atoms with E-state index in [1.165, 1.54) is 25.3 Å². The molecule has 0 radical (unpaired) electrons. The molecular weight excluding hydrogens is 312 g/mol.